The zero-order valence-corrected chi connectivity index (χ0v) is 17.9. The molecule has 0 radical (unpaired) electrons. The van der Waals surface area contributed by atoms with Crippen molar-refractivity contribution in [2.75, 3.05) is 13.1 Å². The zero-order valence-electron chi connectivity index (χ0n) is 16.3. The van der Waals surface area contributed by atoms with Gasteiger partial charge in [0.2, 0.25) is 10.0 Å². The van der Waals surface area contributed by atoms with Gasteiger partial charge in [0.25, 0.3) is 5.89 Å². The smallest absolute Gasteiger partial charge is 0.257 e. The molecule has 0 aliphatic carbocycles. The van der Waals surface area contributed by atoms with Crippen molar-refractivity contribution in [1.82, 2.24) is 14.4 Å². The average Bonchev–Trinajstić information content (AvgIpc) is 3.20. The molecule has 1 saturated heterocycles. The molecule has 0 spiro atoms. The van der Waals surface area contributed by atoms with E-state index in [0.717, 1.165) is 11.1 Å². The van der Waals surface area contributed by atoms with Gasteiger partial charge in [-0.1, -0.05) is 40.5 Å². The maximum absolute atomic E-state index is 13.0. The lowest BCUT2D eigenvalue weighted by Gasteiger charge is -2.30. The summed E-state index contributed by atoms with van der Waals surface area (Å²) in [5.74, 6) is 1.20. The number of piperidine rings is 1. The van der Waals surface area contributed by atoms with Crippen LogP contribution in [0.3, 0.4) is 0 Å². The van der Waals surface area contributed by atoms with Crippen LogP contribution in [-0.2, 0) is 10.0 Å². The second-order valence-electron chi connectivity index (χ2n) is 7.37. The van der Waals surface area contributed by atoms with Crippen LogP contribution in [0, 0.1) is 13.8 Å². The van der Waals surface area contributed by atoms with Gasteiger partial charge in [0, 0.05) is 29.6 Å². The largest absolute Gasteiger partial charge is 0.334 e. The SMILES string of the molecule is Cc1cccc(-c2nc(C3CCN(S(=O)(=O)c4cccc(Cl)c4C)CC3)no2)c1. The normalized spacial score (nSPS) is 16.2. The van der Waals surface area contributed by atoms with E-state index in [1.165, 1.54) is 4.31 Å². The monoisotopic (exact) mass is 431 g/mol. The Morgan fingerprint density at radius 1 is 1.10 bits per heavy atom. The van der Waals surface area contributed by atoms with Crippen LogP contribution < -0.4 is 0 Å². The second kappa shape index (κ2) is 7.89. The van der Waals surface area contributed by atoms with Gasteiger partial charge < -0.3 is 4.52 Å². The van der Waals surface area contributed by atoms with Gasteiger partial charge in [-0.05, 0) is 56.5 Å². The molecule has 0 atom stereocenters. The standard InChI is InChI=1S/C21H22ClN3O3S/c1-14-5-3-6-17(13-14)21-23-20(24-28-21)16-9-11-25(12-10-16)29(26,27)19-8-4-7-18(22)15(19)2/h3-8,13,16H,9-12H2,1-2H3. The molecule has 2 aromatic carbocycles. The van der Waals surface area contributed by atoms with Crippen LogP contribution in [0.25, 0.3) is 11.5 Å². The average molecular weight is 432 g/mol. The summed E-state index contributed by atoms with van der Waals surface area (Å²) in [5, 5.41) is 4.60. The Kier molecular flexibility index (Phi) is 5.46. The van der Waals surface area contributed by atoms with Crippen molar-refractivity contribution < 1.29 is 12.9 Å². The number of halogens is 1. The molecular weight excluding hydrogens is 410 g/mol. The van der Waals surface area contributed by atoms with Crippen molar-refractivity contribution >= 4 is 21.6 Å². The summed E-state index contributed by atoms with van der Waals surface area (Å²) in [7, 11) is -3.58. The number of hydrogen-bond donors (Lipinski definition) is 0. The predicted molar refractivity (Wildman–Crippen MR) is 111 cm³/mol. The van der Waals surface area contributed by atoms with Gasteiger partial charge in [-0.2, -0.15) is 9.29 Å². The maximum Gasteiger partial charge on any atom is 0.257 e. The first-order valence-electron chi connectivity index (χ1n) is 9.52. The Balaban J connectivity index is 1.48. The molecule has 1 aliphatic heterocycles. The third-order valence-electron chi connectivity index (χ3n) is 5.36. The van der Waals surface area contributed by atoms with Crippen molar-refractivity contribution in [2.24, 2.45) is 0 Å². The Morgan fingerprint density at radius 2 is 1.83 bits per heavy atom. The minimum absolute atomic E-state index is 0.0733. The molecule has 152 valence electrons. The fourth-order valence-electron chi connectivity index (χ4n) is 3.66. The summed E-state index contributed by atoms with van der Waals surface area (Å²) in [6, 6.07) is 12.9. The number of aryl methyl sites for hydroxylation is 1. The van der Waals surface area contributed by atoms with Gasteiger partial charge in [-0.3, -0.25) is 0 Å². The van der Waals surface area contributed by atoms with Gasteiger partial charge in [0.1, 0.15) is 0 Å². The molecule has 3 aromatic rings. The topological polar surface area (TPSA) is 76.3 Å². The summed E-state index contributed by atoms with van der Waals surface area (Å²) in [4.78, 5) is 4.82. The quantitative estimate of drug-likeness (QED) is 0.604. The molecule has 0 unspecified atom stereocenters. The Bertz CT molecular complexity index is 1140. The fraction of sp³-hybridized carbons (Fsp3) is 0.333. The number of benzene rings is 2. The predicted octanol–water partition coefficient (Wildman–Crippen LogP) is 4.58. The Hall–Kier alpha value is -2.22. The molecule has 8 heteroatoms. The van der Waals surface area contributed by atoms with Crippen molar-refractivity contribution in [3.05, 3.63) is 64.4 Å². The van der Waals surface area contributed by atoms with Gasteiger partial charge in [-0.15, -0.1) is 0 Å². The van der Waals surface area contributed by atoms with Gasteiger partial charge in [-0.25, -0.2) is 8.42 Å². The minimum atomic E-state index is -3.58. The van der Waals surface area contributed by atoms with Gasteiger partial charge >= 0.3 is 0 Å². The van der Waals surface area contributed by atoms with Crippen LogP contribution in [0.4, 0.5) is 0 Å². The van der Waals surface area contributed by atoms with E-state index in [4.69, 9.17) is 16.1 Å². The zero-order chi connectivity index (χ0) is 20.6. The first-order chi connectivity index (χ1) is 13.9. The molecule has 29 heavy (non-hydrogen) atoms. The van der Waals surface area contributed by atoms with E-state index < -0.39 is 10.0 Å². The van der Waals surface area contributed by atoms with E-state index in [2.05, 4.69) is 10.1 Å². The summed E-state index contributed by atoms with van der Waals surface area (Å²) in [6.45, 7) is 4.56. The van der Waals surface area contributed by atoms with E-state index in [9.17, 15) is 8.42 Å². The summed E-state index contributed by atoms with van der Waals surface area (Å²) >= 11 is 6.11. The third kappa shape index (κ3) is 3.95. The van der Waals surface area contributed by atoms with Crippen molar-refractivity contribution in [3.63, 3.8) is 0 Å². The van der Waals surface area contributed by atoms with E-state index in [1.807, 2.05) is 31.2 Å². The van der Waals surface area contributed by atoms with Crippen LogP contribution in [0.5, 0.6) is 0 Å². The molecule has 0 amide bonds. The summed E-state index contributed by atoms with van der Waals surface area (Å²) < 4.78 is 33.0. The van der Waals surface area contributed by atoms with Crippen LogP contribution in [-0.4, -0.2) is 36.0 Å². The van der Waals surface area contributed by atoms with Crippen LogP contribution in [0.15, 0.2) is 51.9 Å². The summed E-state index contributed by atoms with van der Waals surface area (Å²) in [6.07, 6.45) is 1.29. The third-order valence-corrected chi connectivity index (χ3v) is 7.81. The Morgan fingerprint density at radius 3 is 2.55 bits per heavy atom. The van der Waals surface area contributed by atoms with Crippen LogP contribution in [0.1, 0.15) is 35.7 Å². The number of aromatic nitrogens is 2. The van der Waals surface area contributed by atoms with E-state index in [1.54, 1.807) is 25.1 Å². The molecule has 0 saturated carbocycles. The molecular formula is C21H22ClN3O3S. The highest BCUT2D eigenvalue weighted by atomic mass is 35.5. The molecule has 0 bridgehead atoms. The number of nitrogens with zero attached hydrogens (tertiary/aromatic N) is 3. The molecule has 0 N–H and O–H groups in total. The first-order valence-corrected chi connectivity index (χ1v) is 11.3. The van der Waals surface area contributed by atoms with E-state index >= 15 is 0 Å². The minimum Gasteiger partial charge on any atom is -0.334 e. The molecule has 1 aromatic heterocycles. The lowest BCUT2D eigenvalue weighted by atomic mass is 9.97. The summed E-state index contributed by atoms with van der Waals surface area (Å²) in [5.41, 5.74) is 2.59. The molecule has 1 fully saturated rings. The molecule has 2 heterocycles. The van der Waals surface area contributed by atoms with Crippen molar-refractivity contribution in [3.8, 4) is 11.5 Å². The molecule has 6 nitrogen and oxygen atoms in total. The van der Waals surface area contributed by atoms with E-state index in [0.29, 0.717) is 48.2 Å². The first kappa shape index (κ1) is 20.1. The highest BCUT2D eigenvalue weighted by molar-refractivity contribution is 7.89. The lowest BCUT2D eigenvalue weighted by Crippen LogP contribution is -2.38. The van der Waals surface area contributed by atoms with Crippen LogP contribution in [0.2, 0.25) is 5.02 Å². The fourth-order valence-corrected chi connectivity index (χ4v) is 5.60. The van der Waals surface area contributed by atoms with Gasteiger partial charge in [0.15, 0.2) is 5.82 Å². The molecule has 4 rings (SSSR count). The van der Waals surface area contributed by atoms with Crippen LogP contribution >= 0.6 is 11.6 Å². The highest BCUT2D eigenvalue weighted by Gasteiger charge is 2.32. The number of sulfonamides is 1. The maximum atomic E-state index is 13.0. The van der Waals surface area contributed by atoms with Crippen molar-refractivity contribution in [2.45, 2.75) is 37.5 Å². The lowest BCUT2D eigenvalue weighted by molar-refractivity contribution is 0.307. The molecule has 1 aliphatic rings. The Labute approximate surface area is 175 Å². The number of hydrogen-bond acceptors (Lipinski definition) is 5. The van der Waals surface area contributed by atoms with Gasteiger partial charge in [0.05, 0.1) is 4.90 Å². The second-order valence-corrected chi connectivity index (χ2v) is 9.68. The highest BCUT2D eigenvalue weighted by Crippen LogP contribution is 2.32. The van der Waals surface area contributed by atoms with E-state index in [-0.39, 0.29) is 10.8 Å². The number of rotatable bonds is 4. The van der Waals surface area contributed by atoms with Crippen molar-refractivity contribution in [1.29, 1.82) is 0 Å².